The van der Waals surface area contributed by atoms with Gasteiger partial charge in [0.05, 0.1) is 20.5 Å². The lowest BCUT2D eigenvalue weighted by molar-refractivity contribution is 0.0599. The number of carbonyl (C=O) groups is 1. The lowest BCUT2D eigenvalue weighted by Crippen LogP contribution is -2.11. The van der Waals surface area contributed by atoms with E-state index in [1.165, 1.54) is 32.4 Å². The first-order chi connectivity index (χ1) is 15.6. The molecule has 0 fully saturated rings. The van der Waals surface area contributed by atoms with Gasteiger partial charge in [-0.3, -0.25) is 0 Å². The first-order valence-corrected chi connectivity index (χ1v) is 11.9. The number of methoxy groups -OCH3 is 2. The van der Waals surface area contributed by atoms with Crippen LogP contribution in [0.4, 0.5) is 0 Å². The number of oxazole rings is 1. The van der Waals surface area contributed by atoms with Crippen molar-refractivity contribution < 1.29 is 36.0 Å². The summed E-state index contributed by atoms with van der Waals surface area (Å²) in [5.74, 6) is 1.21. The van der Waals surface area contributed by atoms with Crippen LogP contribution in [0.5, 0.6) is 17.2 Å². The summed E-state index contributed by atoms with van der Waals surface area (Å²) in [6, 6.07) is 9.63. The highest BCUT2D eigenvalue weighted by atomic mass is 35.5. The van der Waals surface area contributed by atoms with Crippen LogP contribution in [0.3, 0.4) is 0 Å². The number of rotatable bonds is 9. The summed E-state index contributed by atoms with van der Waals surface area (Å²) in [7, 11) is -1.13. The highest BCUT2D eigenvalue weighted by Gasteiger charge is 2.20. The molecule has 0 aliphatic carbocycles. The summed E-state index contributed by atoms with van der Waals surface area (Å²) < 4.78 is 49.6. The molecule has 0 saturated carbocycles. The van der Waals surface area contributed by atoms with Crippen LogP contribution >= 0.6 is 11.6 Å². The van der Waals surface area contributed by atoms with Gasteiger partial charge in [0.25, 0.3) is 0 Å². The Morgan fingerprint density at radius 2 is 1.82 bits per heavy atom. The van der Waals surface area contributed by atoms with Crippen molar-refractivity contribution in [2.45, 2.75) is 19.4 Å². The third kappa shape index (κ3) is 5.96. The molecule has 0 unspecified atom stereocenters. The maximum absolute atomic E-state index is 12.2. The zero-order valence-corrected chi connectivity index (χ0v) is 20.0. The molecule has 1 heterocycles. The van der Waals surface area contributed by atoms with Crippen molar-refractivity contribution in [1.82, 2.24) is 4.98 Å². The molecule has 0 aliphatic rings. The minimum atomic E-state index is -3.85. The molecule has 0 bridgehead atoms. The van der Waals surface area contributed by atoms with Gasteiger partial charge in [-0.05, 0) is 42.8 Å². The van der Waals surface area contributed by atoms with Gasteiger partial charge in [0.15, 0.2) is 17.2 Å². The second-order valence-corrected chi connectivity index (χ2v) is 8.76. The lowest BCUT2D eigenvalue weighted by atomic mass is 10.1. The van der Waals surface area contributed by atoms with Crippen LogP contribution in [0.15, 0.2) is 40.8 Å². The zero-order chi connectivity index (χ0) is 24.2. The molecule has 0 atom stereocenters. The second-order valence-electron chi connectivity index (χ2n) is 6.92. The van der Waals surface area contributed by atoms with Gasteiger partial charge >= 0.3 is 16.1 Å². The highest BCUT2D eigenvalue weighted by Crippen LogP contribution is 2.31. The van der Waals surface area contributed by atoms with E-state index in [2.05, 4.69) is 4.98 Å². The Balaban J connectivity index is 1.87. The van der Waals surface area contributed by atoms with Crippen molar-refractivity contribution in [3.05, 3.63) is 59.0 Å². The molecule has 176 valence electrons. The molecular formula is C22H22ClNO8S. The van der Waals surface area contributed by atoms with E-state index in [1.807, 2.05) is 6.07 Å². The van der Waals surface area contributed by atoms with E-state index in [9.17, 15) is 13.2 Å². The molecule has 9 nitrogen and oxygen atoms in total. The standard InChI is InChI=1S/C22H22ClNO8S/c1-13-17(12-30-19-7-5-14(11-23)9-20(19)28-2)24-21(31-13)15-6-8-18(32-33(4,26)27)16(10-15)22(25)29-3/h5-10H,11-12H2,1-4H3. The summed E-state index contributed by atoms with van der Waals surface area (Å²) in [4.78, 5) is 16.6. The fourth-order valence-electron chi connectivity index (χ4n) is 2.91. The fourth-order valence-corrected chi connectivity index (χ4v) is 3.55. The molecular weight excluding hydrogens is 474 g/mol. The van der Waals surface area contributed by atoms with Crippen LogP contribution in [-0.4, -0.2) is 39.8 Å². The summed E-state index contributed by atoms with van der Waals surface area (Å²) in [5, 5.41) is 0. The molecule has 2 aromatic carbocycles. The number of hydrogen-bond donors (Lipinski definition) is 0. The fraction of sp³-hybridized carbons (Fsp3) is 0.273. The predicted molar refractivity (Wildman–Crippen MR) is 120 cm³/mol. The van der Waals surface area contributed by atoms with Gasteiger partial charge < -0.3 is 22.8 Å². The number of ether oxygens (including phenoxy) is 3. The average molecular weight is 496 g/mol. The number of benzene rings is 2. The molecule has 3 aromatic rings. The number of aromatic nitrogens is 1. The first kappa shape index (κ1) is 24.4. The minimum Gasteiger partial charge on any atom is -0.493 e. The molecule has 11 heteroatoms. The monoisotopic (exact) mass is 495 g/mol. The Morgan fingerprint density at radius 1 is 1.09 bits per heavy atom. The molecule has 33 heavy (non-hydrogen) atoms. The van der Waals surface area contributed by atoms with Crippen molar-refractivity contribution in [2.75, 3.05) is 20.5 Å². The molecule has 0 amide bonds. The van der Waals surface area contributed by atoms with E-state index in [1.54, 1.807) is 19.1 Å². The van der Waals surface area contributed by atoms with Crippen molar-refractivity contribution in [3.8, 4) is 28.7 Å². The molecule has 0 radical (unpaired) electrons. The van der Waals surface area contributed by atoms with Crippen molar-refractivity contribution in [2.24, 2.45) is 0 Å². The van der Waals surface area contributed by atoms with Gasteiger partial charge in [0.1, 0.15) is 23.6 Å². The predicted octanol–water partition coefficient (Wildman–Crippen LogP) is 4.10. The van der Waals surface area contributed by atoms with Crippen LogP contribution in [0.25, 0.3) is 11.5 Å². The Hall–Kier alpha value is -3.24. The first-order valence-electron chi connectivity index (χ1n) is 9.59. The third-order valence-corrected chi connectivity index (χ3v) is 5.30. The van der Waals surface area contributed by atoms with Gasteiger partial charge in [-0.1, -0.05) is 6.07 Å². The van der Waals surface area contributed by atoms with E-state index in [4.69, 9.17) is 34.4 Å². The van der Waals surface area contributed by atoms with E-state index >= 15 is 0 Å². The minimum absolute atomic E-state index is 0.0850. The largest absolute Gasteiger partial charge is 0.493 e. The van der Waals surface area contributed by atoms with Gasteiger partial charge in [-0.25, -0.2) is 9.78 Å². The van der Waals surface area contributed by atoms with Crippen LogP contribution in [0.2, 0.25) is 0 Å². The number of nitrogens with zero attached hydrogens (tertiary/aromatic N) is 1. The quantitative estimate of drug-likeness (QED) is 0.246. The molecule has 3 rings (SSSR count). The number of halogens is 1. The van der Waals surface area contributed by atoms with E-state index in [0.717, 1.165) is 11.8 Å². The normalized spacial score (nSPS) is 11.2. The molecule has 0 spiro atoms. The maximum atomic E-state index is 12.2. The van der Waals surface area contributed by atoms with Gasteiger partial charge in [0.2, 0.25) is 5.89 Å². The number of aryl methyl sites for hydroxylation is 1. The Bertz CT molecular complexity index is 1270. The zero-order valence-electron chi connectivity index (χ0n) is 18.4. The molecule has 1 aromatic heterocycles. The number of carbonyl (C=O) groups excluding carboxylic acids is 1. The highest BCUT2D eigenvalue weighted by molar-refractivity contribution is 7.86. The lowest BCUT2D eigenvalue weighted by Gasteiger charge is -2.10. The topological polar surface area (TPSA) is 114 Å². The molecule has 0 aliphatic heterocycles. The van der Waals surface area contributed by atoms with Crippen LogP contribution in [-0.2, 0) is 27.3 Å². The SMILES string of the molecule is COC(=O)c1cc(-c2nc(COc3ccc(CCl)cc3OC)c(C)o2)ccc1OS(C)(=O)=O. The summed E-state index contributed by atoms with van der Waals surface area (Å²) >= 11 is 5.86. The van der Waals surface area contributed by atoms with Crippen LogP contribution in [0, 0.1) is 6.92 Å². The van der Waals surface area contributed by atoms with Gasteiger partial charge in [-0.15, -0.1) is 11.6 Å². The second kappa shape index (κ2) is 10.1. The summed E-state index contributed by atoms with van der Waals surface area (Å²) in [6.07, 6.45) is 0.879. The van der Waals surface area contributed by atoms with E-state index in [-0.39, 0.29) is 23.8 Å². The van der Waals surface area contributed by atoms with Crippen LogP contribution < -0.4 is 13.7 Å². The van der Waals surface area contributed by atoms with Crippen LogP contribution in [0.1, 0.15) is 27.4 Å². The van der Waals surface area contributed by atoms with Crippen molar-refractivity contribution >= 4 is 27.7 Å². The third-order valence-electron chi connectivity index (χ3n) is 4.51. The maximum Gasteiger partial charge on any atom is 0.341 e. The van der Waals surface area contributed by atoms with Crippen molar-refractivity contribution in [1.29, 1.82) is 0 Å². The summed E-state index contributed by atoms with van der Waals surface area (Å²) in [6.45, 7) is 1.83. The number of hydrogen-bond acceptors (Lipinski definition) is 9. The Morgan fingerprint density at radius 3 is 2.45 bits per heavy atom. The molecule has 0 N–H and O–H groups in total. The van der Waals surface area contributed by atoms with Crippen molar-refractivity contribution in [3.63, 3.8) is 0 Å². The van der Waals surface area contributed by atoms with Gasteiger partial charge in [-0.2, -0.15) is 8.42 Å². The number of alkyl halides is 1. The van der Waals surface area contributed by atoms with E-state index in [0.29, 0.717) is 34.4 Å². The average Bonchev–Trinajstić information content (AvgIpc) is 3.16. The number of esters is 1. The Kier molecular flexibility index (Phi) is 7.50. The Labute approximate surface area is 196 Å². The smallest absolute Gasteiger partial charge is 0.341 e. The van der Waals surface area contributed by atoms with E-state index < -0.39 is 16.1 Å². The molecule has 0 saturated heterocycles. The van der Waals surface area contributed by atoms with Gasteiger partial charge in [0, 0.05) is 11.4 Å². The summed E-state index contributed by atoms with van der Waals surface area (Å²) in [5.41, 5.74) is 1.77.